The Morgan fingerprint density at radius 2 is 1.59 bits per heavy atom. The summed E-state index contributed by atoms with van der Waals surface area (Å²) >= 11 is 0. The van der Waals surface area contributed by atoms with E-state index in [0.717, 1.165) is 4.90 Å². The van der Waals surface area contributed by atoms with Crippen molar-refractivity contribution >= 4 is 23.1 Å². The van der Waals surface area contributed by atoms with Crippen LogP contribution < -0.4 is 9.64 Å². The molecular formula is C24H26FN3O4. The number of halogens is 1. The van der Waals surface area contributed by atoms with Gasteiger partial charge in [-0.3, -0.25) is 14.5 Å². The lowest BCUT2D eigenvalue weighted by Gasteiger charge is -2.36. The van der Waals surface area contributed by atoms with E-state index in [0.29, 0.717) is 67.6 Å². The summed E-state index contributed by atoms with van der Waals surface area (Å²) in [6.07, 6.45) is 0. The summed E-state index contributed by atoms with van der Waals surface area (Å²) in [7, 11) is 0. The van der Waals surface area contributed by atoms with Crippen molar-refractivity contribution < 1.29 is 23.8 Å². The highest BCUT2D eigenvalue weighted by atomic mass is 19.1. The Morgan fingerprint density at radius 3 is 2.19 bits per heavy atom. The maximum Gasteiger partial charge on any atom is 0.282 e. The Bertz CT molecular complexity index is 1010. The number of aliphatic hydroxyl groups excluding tert-OH is 1. The number of nitrogens with zero attached hydrogens (tertiary/aromatic N) is 3. The van der Waals surface area contributed by atoms with E-state index < -0.39 is 17.6 Å². The molecule has 0 atom stereocenters. The Kier molecular flexibility index (Phi) is 6.53. The first-order chi connectivity index (χ1) is 15.5. The average Bonchev–Trinajstić information content (AvgIpc) is 3.06. The molecule has 0 saturated carbocycles. The van der Waals surface area contributed by atoms with Gasteiger partial charge in [0.05, 0.1) is 24.5 Å². The fourth-order valence-corrected chi connectivity index (χ4v) is 4.12. The highest BCUT2D eigenvalue weighted by Crippen LogP contribution is 2.35. The van der Waals surface area contributed by atoms with E-state index in [2.05, 4.69) is 4.90 Å². The zero-order chi connectivity index (χ0) is 22.7. The predicted molar refractivity (Wildman–Crippen MR) is 119 cm³/mol. The van der Waals surface area contributed by atoms with Crippen LogP contribution in [-0.4, -0.2) is 72.7 Å². The van der Waals surface area contributed by atoms with E-state index >= 15 is 0 Å². The van der Waals surface area contributed by atoms with Gasteiger partial charge >= 0.3 is 0 Å². The number of benzene rings is 2. The number of piperazine rings is 1. The number of ether oxygens (including phenoxy) is 1. The molecule has 32 heavy (non-hydrogen) atoms. The van der Waals surface area contributed by atoms with Crippen LogP contribution in [0.25, 0.3) is 5.57 Å². The number of hydrogen-bond donors (Lipinski definition) is 1. The third kappa shape index (κ3) is 4.24. The van der Waals surface area contributed by atoms with Crippen LogP contribution in [0.15, 0.2) is 54.2 Å². The number of anilines is 1. The molecule has 1 fully saturated rings. The van der Waals surface area contributed by atoms with Gasteiger partial charge in [0.25, 0.3) is 11.8 Å². The van der Waals surface area contributed by atoms with Crippen molar-refractivity contribution in [3.8, 4) is 5.75 Å². The summed E-state index contributed by atoms with van der Waals surface area (Å²) in [5.41, 5.74) is 1.65. The van der Waals surface area contributed by atoms with Gasteiger partial charge in [0.15, 0.2) is 0 Å². The molecule has 0 bridgehead atoms. The van der Waals surface area contributed by atoms with Crippen LogP contribution in [0.1, 0.15) is 12.5 Å². The van der Waals surface area contributed by atoms with Gasteiger partial charge in [-0.25, -0.2) is 9.29 Å². The van der Waals surface area contributed by atoms with Gasteiger partial charge in [-0.15, -0.1) is 0 Å². The molecule has 2 heterocycles. The summed E-state index contributed by atoms with van der Waals surface area (Å²) in [4.78, 5) is 32.1. The lowest BCUT2D eigenvalue weighted by molar-refractivity contribution is -0.120. The molecule has 7 nitrogen and oxygen atoms in total. The molecule has 8 heteroatoms. The monoisotopic (exact) mass is 439 g/mol. The maximum atomic E-state index is 13.5. The van der Waals surface area contributed by atoms with Gasteiger partial charge in [-0.2, -0.15) is 0 Å². The molecule has 2 aromatic carbocycles. The van der Waals surface area contributed by atoms with E-state index in [9.17, 15) is 19.1 Å². The number of imide groups is 1. The van der Waals surface area contributed by atoms with Crippen LogP contribution in [0, 0.1) is 5.82 Å². The van der Waals surface area contributed by atoms with E-state index in [1.165, 1.54) is 24.3 Å². The van der Waals surface area contributed by atoms with Crippen LogP contribution in [0.2, 0.25) is 0 Å². The maximum absolute atomic E-state index is 13.5. The second-order valence-electron chi connectivity index (χ2n) is 7.66. The molecule has 4 rings (SSSR count). The van der Waals surface area contributed by atoms with Gasteiger partial charge in [0.2, 0.25) is 0 Å². The number of amides is 2. The predicted octanol–water partition coefficient (Wildman–Crippen LogP) is 2.12. The first-order valence-electron chi connectivity index (χ1n) is 10.7. The third-order valence-corrected chi connectivity index (χ3v) is 5.70. The normalized spacial score (nSPS) is 17.5. The SMILES string of the molecule is CCOc1ccc(C2=C(N3CCN(CCO)CC3)C(=O)N(c3ccc(F)cc3)C2=O)cc1. The zero-order valence-corrected chi connectivity index (χ0v) is 18.0. The van der Waals surface area contributed by atoms with Crippen molar-refractivity contribution in [2.45, 2.75) is 6.92 Å². The van der Waals surface area contributed by atoms with Crippen LogP contribution in [0.4, 0.5) is 10.1 Å². The van der Waals surface area contributed by atoms with E-state index in [-0.39, 0.29) is 6.61 Å². The first-order valence-corrected chi connectivity index (χ1v) is 10.7. The number of rotatable bonds is 7. The fourth-order valence-electron chi connectivity index (χ4n) is 4.12. The van der Waals surface area contributed by atoms with Crippen molar-refractivity contribution in [1.29, 1.82) is 0 Å². The summed E-state index contributed by atoms with van der Waals surface area (Å²) in [6.45, 7) is 5.56. The Hall–Kier alpha value is -3.23. The van der Waals surface area contributed by atoms with E-state index in [4.69, 9.17) is 4.74 Å². The molecule has 2 amide bonds. The van der Waals surface area contributed by atoms with Crippen molar-refractivity contribution in [3.63, 3.8) is 0 Å². The summed E-state index contributed by atoms with van der Waals surface area (Å²) < 4.78 is 18.9. The number of carbonyl (C=O) groups is 2. The van der Waals surface area contributed by atoms with Gasteiger partial charge in [0.1, 0.15) is 17.3 Å². The largest absolute Gasteiger partial charge is 0.494 e. The molecule has 168 valence electrons. The van der Waals surface area contributed by atoms with Gasteiger partial charge in [0, 0.05) is 32.7 Å². The molecule has 0 aliphatic carbocycles. The molecule has 0 spiro atoms. The molecule has 1 N–H and O–H groups in total. The quantitative estimate of drug-likeness (QED) is 0.667. The molecule has 2 aliphatic heterocycles. The summed E-state index contributed by atoms with van der Waals surface area (Å²) in [5.74, 6) is -0.601. The van der Waals surface area contributed by atoms with E-state index in [1.807, 2.05) is 11.8 Å². The van der Waals surface area contributed by atoms with Crippen LogP contribution in [0.3, 0.4) is 0 Å². The first kappa shape index (κ1) is 22.0. The Labute approximate surface area is 186 Å². The highest BCUT2D eigenvalue weighted by molar-refractivity contribution is 6.45. The van der Waals surface area contributed by atoms with Gasteiger partial charge in [-0.1, -0.05) is 12.1 Å². The lowest BCUT2D eigenvalue weighted by Crippen LogP contribution is -2.48. The smallest absolute Gasteiger partial charge is 0.282 e. The van der Waals surface area contributed by atoms with Crippen molar-refractivity contribution in [2.24, 2.45) is 0 Å². The molecule has 1 saturated heterocycles. The minimum absolute atomic E-state index is 0.0793. The van der Waals surface area contributed by atoms with Crippen molar-refractivity contribution in [2.75, 3.05) is 50.8 Å². The second-order valence-corrected chi connectivity index (χ2v) is 7.66. The zero-order valence-electron chi connectivity index (χ0n) is 18.0. The third-order valence-electron chi connectivity index (χ3n) is 5.70. The van der Waals surface area contributed by atoms with E-state index in [1.54, 1.807) is 24.3 Å². The van der Waals surface area contributed by atoms with Crippen LogP contribution in [-0.2, 0) is 9.59 Å². The highest BCUT2D eigenvalue weighted by Gasteiger charge is 2.43. The van der Waals surface area contributed by atoms with Crippen molar-refractivity contribution in [1.82, 2.24) is 9.80 Å². The number of hydrogen-bond acceptors (Lipinski definition) is 6. The number of β-amino-alcohol motifs (C(OH)–C–C–N with tert-alkyl or cyclic N) is 1. The molecule has 0 radical (unpaired) electrons. The fraction of sp³-hybridized carbons (Fsp3) is 0.333. The Balaban J connectivity index is 1.71. The van der Waals surface area contributed by atoms with Gasteiger partial charge in [-0.05, 0) is 48.9 Å². The molecule has 0 aromatic heterocycles. The molecule has 2 aliphatic rings. The molecule has 2 aromatic rings. The standard InChI is InChI=1S/C24H26FN3O4/c1-2-32-20-9-3-17(4-10-20)21-22(27-13-11-26(12-14-27)15-16-29)24(31)28(23(21)30)19-7-5-18(25)6-8-19/h3-10,29H,2,11-16H2,1H3. The van der Waals surface area contributed by atoms with Crippen LogP contribution in [0.5, 0.6) is 5.75 Å². The van der Waals surface area contributed by atoms with Crippen LogP contribution >= 0.6 is 0 Å². The van der Waals surface area contributed by atoms with Crippen molar-refractivity contribution in [3.05, 3.63) is 65.6 Å². The lowest BCUT2D eigenvalue weighted by atomic mass is 10.0. The molecule has 0 unspecified atom stereocenters. The molecular weight excluding hydrogens is 413 g/mol. The average molecular weight is 439 g/mol. The summed E-state index contributed by atoms with van der Waals surface area (Å²) in [5, 5.41) is 9.20. The topological polar surface area (TPSA) is 73.3 Å². The number of aliphatic hydroxyl groups is 1. The Morgan fingerprint density at radius 1 is 0.938 bits per heavy atom. The summed E-state index contributed by atoms with van der Waals surface area (Å²) in [6, 6.07) is 12.5. The number of carbonyl (C=O) groups excluding carboxylic acids is 2. The minimum Gasteiger partial charge on any atom is -0.494 e. The minimum atomic E-state index is -0.437. The second kappa shape index (κ2) is 9.50. The van der Waals surface area contributed by atoms with Gasteiger partial charge < -0.3 is 14.7 Å².